The molecule has 16 heavy (non-hydrogen) atoms. The first kappa shape index (κ1) is 10.5. The monoisotopic (exact) mass is 216 g/mol. The van der Waals surface area contributed by atoms with Crippen molar-refractivity contribution >= 4 is 5.97 Å². The van der Waals surface area contributed by atoms with Gasteiger partial charge in [-0.3, -0.25) is 4.79 Å². The van der Waals surface area contributed by atoms with Crippen LogP contribution in [0.3, 0.4) is 0 Å². The van der Waals surface area contributed by atoms with Gasteiger partial charge in [0, 0.05) is 11.1 Å². The summed E-state index contributed by atoms with van der Waals surface area (Å²) in [5, 5.41) is 8.78. The van der Waals surface area contributed by atoms with E-state index in [1.165, 1.54) is 6.26 Å². The zero-order valence-corrected chi connectivity index (χ0v) is 8.93. The number of hydrogen-bond acceptors (Lipinski definition) is 2. The van der Waals surface area contributed by atoms with Gasteiger partial charge in [0.05, 0.1) is 12.7 Å². The van der Waals surface area contributed by atoms with Crippen LogP contribution in [0.1, 0.15) is 11.1 Å². The molecule has 82 valence electrons. The highest BCUT2D eigenvalue weighted by atomic mass is 16.4. The summed E-state index contributed by atoms with van der Waals surface area (Å²) in [4.78, 5) is 10.7. The first-order valence-corrected chi connectivity index (χ1v) is 5.02. The van der Waals surface area contributed by atoms with Crippen LogP contribution < -0.4 is 0 Å². The molecule has 0 bridgehead atoms. The van der Waals surface area contributed by atoms with Gasteiger partial charge in [0.15, 0.2) is 0 Å². The summed E-state index contributed by atoms with van der Waals surface area (Å²) in [6, 6.07) is 9.46. The maximum absolute atomic E-state index is 10.7. The van der Waals surface area contributed by atoms with Crippen molar-refractivity contribution in [2.75, 3.05) is 0 Å². The van der Waals surface area contributed by atoms with Crippen LogP contribution in [0.15, 0.2) is 41.0 Å². The van der Waals surface area contributed by atoms with Crippen LogP contribution in [0.5, 0.6) is 0 Å². The van der Waals surface area contributed by atoms with Gasteiger partial charge >= 0.3 is 5.97 Å². The van der Waals surface area contributed by atoms with Crippen LogP contribution >= 0.6 is 0 Å². The van der Waals surface area contributed by atoms with E-state index in [1.807, 2.05) is 31.2 Å². The molecular formula is C13H12O3. The number of furan rings is 1. The van der Waals surface area contributed by atoms with Gasteiger partial charge in [0.1, 0.15) is 5.76 Å². The Balaban J connectivity index is 2.45. The number of rotatable bonds is 3. The fourth-order valence-electron chi connectivity index (χ4n) is 1.70. The standard InChI is InChI=1S/C13H12O3/c1-9-4-2-3-5-11(9)13-10(6-7-16-13)8-12(14)15/h2-7H,8H2,1H3,(H,14,15). The largest absolute Gasteiger partial charge is 0.481 e. The molecular weight excluding hydrogens is 204 g/mol. The fraction of sp³-hybridized carbons (Fsp3) is 0.154. The average Bonchev–Trinajstić information content (AvgIpc) is 2.66. The highest BCUT2D eigenvalue weighted by Crippen LogP contribution is 2.27. The minimum Gasteiger partial charge on any atom is -0.481 e. The van der Waals surface area contributed by atoms with E-state index in [4.69, 9.17) is 9.52 Å². The summed E-state index contributed by atoms with van der Waals surface area (Å²) >= 11 is 0. The zero-order valence-electron chi connectivity index (χ0n) is 8.93. The Labute approximate surface area is 93.3 Å². The van der Waals surface area contributed by atoms with E-state index in [2.05, 4.69) is 0 Å². The van der Waals surface area contributed by atoms with E-state index in [9.17, 15) is 4.79 Å². The molecule has 3 heteroatoms. The molecule has 1 N–H and O–H groups in total. The zero-order chi connectivity index (χ0) is 11.5. The van der Waals surface area contributed by atoms with E-state index >= 15 is 0 Å². The van der Waals surface area contributed by atoms with E-state index in [0.717, 1.165) is 11.1 Å². The normalized spacial score (nSPS) is 10.3. The second kappa shape index (κ2) is 4.23. The molecule has 0 radical (unpaired) electrons. The molecule has 1 aromatic carbocycles. The molecule has 0 saturated carbocycles. The number of benzene rings is 1. The number of carboxylic acids is 1. The lowest BCUT2D eigenvalue weighted by atomic mass is 10.0. The van der Waals surface area contributed by atoms with Gasteiger partial charge in [-0.1, -0.05) is 24.3 Å². The second-order valence-corrected chi connectivity index (χ2v) is 3.66. The van der Waals surface area contributed by atoms with Crippen LogP contribution in [0, 0.1) is 6.92 Å². The minimum atomic E-state index is -0.851. The van der Waals surface area contributed by atoms with Gasteiger partial charge in [0.25, 0.3) is 0 Å². The Morgan fingerprint density at radius 1 is 1.31 bits per heavy atom. The minimum absolute atomic E-state index is 0.0137. The molecule has 0 aliphatic heterocycles. The summed E-state index contributed by atoms with van der Waals surface area (Å²) in [6.07, 6.45) is 1.51. The van der Waals surface area contributed by atoms with Crippen LogP contribution in [-0.4, -0.2) is 11.1 Å². The Hall–Kier alpha value is -2.03. The third-order valence-corrected chi connectivity index (χ3v) is 2.48. The van der Waals surface area contributed by atoms with Crippen molar-refractivity contribution in [2.45, 2.75) is 13.3 Å². The number of aliphatic carboxylic acids is 1. The Morgan fingerprint density at radius 3 is 2.75 bits per heavy atom. The number of carbonyl (C=O) groups is 1. The summed E-state index contributed by atoms with van der Waals surface area (Å²) < 4.78 is 5.37. The van der Waals surface area contributed by atoms with Gasteiger partial charge in [-0.25, -0.2) is 0 Å². The maximum atomic E-state index is 10.7. The highest BCUT2D eigenvalue weighted by molar-refractivity contribution is 5.75. The molecule has 0 amide bonds. The lowest BCUT2D eigenvalue weighted by molar-refractivity contribution is -0.136. The number of aryl methyl sites for hydroxylation is 1. The maximum Gasteiger partial charge on any atom is 0.307 e. The second-order valence-electron chi connectivity index (χ2n) is 3.66. The molecule has 0 aliphatic carbocycles. The molecule has 2 aromatic rings. The summed E-state index contributed by atoms with van der Waals surface area (Å²) in [5.41, 5.74) is 2.73. The van der Waals surface area contributed by atoms with E-state index in [1.54, 1.807) is 6.07 Å². The molecule has 3 nitrogen and oxygen atoms in total. The molecule has 0 aliphatic rings. The van der Waals surface area contributed by atoms with Gasteiger partial charge in [-0.2, -0.15) is 0 Å². The van der Waals surface area contributed by atoms with Crippen LogP contribution in [0.4, 0.5) is 0 Å². The highest BCUT2D eigenvalue weighted by Gasteiger charge is 2.13. The van der Waals surface area contributed by atoms with Gasteiger partial charge in [0.2, 0.25) is 0 Å². The molecule has 0 fully saturated rings. The van der Waals surface area contributed by atoms with Crippen molar-refractivity contribution in [1.29, 1.82) is 0 Å². The van der Waals surface area contributed by atoms with Crippen LogP contribution in [0.2, 0.25) is 0 Å². The van der Waals surface area contributed by atoms with Crippen molar-refractivity contribution < 1.29 is 14.3 Å². The topological polar surface area (TPSA) is 50.4 Å². The molecule has 0 spiro atoms. The van der Waals surface area contributed by atoms with Crippen molar-refractivity contribution in [3.63, 3.8) is 0 Å². The van der Waals surface area contributed by atoms with Crippen molar-refractivity contribution in [3.05, 3.63) is 47.7 Å². The smallest absolute Gasteiger partial charge is 0.307 e. The quantitative estimate of drug-likeness (QED) is 0.858. The van der Waals surface area contributed by atoms with Crippen molar-refractivity contribution in [2.24, 2.45) is 0 Å². The van der Waals surface area contributed by atoms with E-state index in [0.29, 0.717) is 11.3 Å². The fourth-order valence-corrected chi connectivity index (χ4v) is 1.70. The van der Waals surface area contributed by atoms with Gasteiger partial charge < -0.3 is 9.52 Å². The molecule has 1 aromatic heterocycles. The Morgan fingerprint density at radius 2 is 2.06 bits per heavy atom. The average molecular weight is 216 g/mol. The summed E-state index contributed by atoms with van der Waals surface area (Å²) in [6.45, 7) is 1.97. The molecule has 0 unspecified atom stereocenters. The summed E-state index contributed by atoms with van der Waals surface area (Å²) in [7, 11) is 0. The SMILES string of the molecule is Cc1ccccc1-c1occc1CC(=O)O. The molecule has 1 heterocycles. The van der Waals surface area contributed by atoms with E-state index < -0.39 is 5.97 Å². The Bertz CT molecular complexity index is 511. The van der Waals surface area contributed by atoms with Crippen molar-refractivity contribution in [1.82, 2.24) is 0 Å². The molecule has 0 atom stereocenters. The van der Waals surface area contributed by atoms with Gasteiger partial charge in [-0.05, 0) is 18.6 Å². The van der Waals surface area contributed by atoms with Crippen LogP contribution in [-0.2, 0) is 11.2 Å². The molecule has 2 rings (SSSR count). The number of carboxylic acid groups (broad SMARTS) is 1. The van der Waals surface area contributed by atoms with Gasteiger partial charge in [-0.15, -0.1) is 0 Å². The Kier molecular flexibility index (Phi) is 2.77. The first-order chi connectivity index (χ1) is 7.68. The van der Waals surface area contributed by atoms with Crippen molar-refractivity contribution in [3.8, 4) is 11.3 Å². The predicted octanol–water partition coefficient (Wildman–Crippen LogP) is 2.88. The summed E-state index contributed by atoms with van der Waals surface area (Å²) in [5.74, 6) is -0.197. The third-order valence-electron chi connectivity index (χ3n) is 2.48. The first-order valence-electron chi connectivity index (χ1n) is 5.02. The van der Waals surface area contributed by atoms with Crippen LogP contribution in [0.25, 0.3) is 11.3 Å². The molecule has 0 saturated heterocycles. The van der Waals surface area contributed by atoms with E-state index in [-0.39, 0.29) is 6.42 Å². The number of hydrogen-bond donors (Lipinski definition) is 1. The predicted molar refractivity (Wildman–Crippen MR) is 60.2 cm³/mol. The lowest BCUT2D eigenvalue weighted by Crippen LogP contribution is -2.00. The lowest BCUT2D eigenvalue weighted by Gasteiger charge is -2.04. The third kappa shape index (κ3) is 1.98.